The van der Waals surface area contributed by atoms with Crippen molar-refractivity contribution >= 4 is 25.7 Å². The van der Waals surface area contributed by atoms with Crippen LogP contribution in [-0.2, 0) is 32.7 Å². The molecule has 0 spiro atoms. The predicted octanol–water partition coefficient (Wildman–Crippen LogP) is 13.8. The Morgan fingerprint density at radius 3 is 1.35 bits per heavy atom. The van der Waals surface area contributed by atoms with Crippen LogP contribution in [0.15, 0.2) is 109 Å². The number of aliphatic hydroxyl groups excluding tert-OH is 1. The number of phosphoric ester groups is 1. The van der Waals surface area contributed by atoms with E-state index in [1.165, 1.54) is 57.8 Å². The molecule has 0 aliphatic rings. The number of carbonyl (C=O) groups excluding carboxylic acids is 2. The van der Waals surface area contributed by atoms with Gasteiger partial charge in [-0.15, -0.1) is 0 Å². The molecule has 0 bridgehead atoms. The monoisotopic (exact) mass is 942 g/mol. The van der Waals surface area contributed by atoms with Gasteiger partial charge in [-0.3, -0.25) is 18.6 Å². The van der Waals surface area contributed by atoms with Crippen LogP contribution >= 0.6 is 7.82 Å². The van der Waals surface area contributed by atoms with Crippen LogP contribution in [-0.4, -0.2) is 64.9 Å². The van der Waals surface area contributed by atoms with Gasteiger partial charge in [-0.2, -0.15) is 0 Å². The minimum absolute atomic E-state index is 0.0930. The minimum atomic E-state index is -4.79. The van der Waals surface area contributed by atoms with Crippen molar-refractivity contribution in [2.24, 2.45) is 0 Å². The van der Waals surface area contributed by atoms with E-state index in [9.17, 15) is 34.1 Å². The van der Waals surface area contributed by atoms with Crippen molar-refractivity contribution in [2.75, 3.05) is 19.8 Å². The second-order valence-electron chi connectivity index (χ2n) is 16.3. The van der Waals surface area contributed by atoms with Crippen molar-refractivity contribution in [3.8, 4) is 0 Å². The number of aliphatic carboxylic acids is 1. The highest BCUT2D eigenvalue weighted by Gasteiger charge is 2.28. The number of carboxylic acids is 1. The molecule has 0 fully saturated rings. The molecule has 0 aromatic rings. The zero-order valence-electron chi connectivity index (χ0n) is 40.7. The van der Waals surface area contributed by atoms with Gasteiger partial charge >= 0.3 is 19.8 Å². The second-order valence-corrected chi connectivity index (χ2v) is 17.7. The van der Waals surface area contributed by atoms with Crippen molar-refractivity contribution in [3.05, 3.63) is 109 Å². The highest BCUT2D eigenvalue weighted by Crippen LogP contribution is 2.43. The Hall–Kier alpha value is -3.86. The Morgan fingerprint density at radius 1 is 0.500 bits per heavy atom. The number of aliphatic hydroxyl groups is 1. The lowest BCUT2D eigenvalue weighted by atomic mass is 10.0. The largest absolute Gasteiger partial charge is 0.480 e. The SMILES string of the molecule is CC/C=C\C/C=C\C/C=C\C/C=C\C/C=C\C/C=C\CCC(=O)OCC(O)COP(=O)(O)OCC(NC(=O)CCCCCCCCCCCC/C=C\C/C=C\C/C=C\CCCCC)C(=O)O. The van der Waals surface area contributed by atoms with Crippen LogP contribution in [0.25, 0.3) is 0 Å². The van der Waals surface area contributed by atoms with E-state index in [-0.39, 0.29) is 12.8 Å². The maximum atomic E-state index is 12.4. The van der Waals surface area contributed by atoms with E-state index in [0.29, 0.717) is 12.8 Å². The lowest BCUT2D eigenvalue weighted by molar-refractivity contribution is -0.147. The fraction of sp³-hybridized carbons (Fsp3) is 0.611. The van der Waals surface area contributed by atoms with Crippen molar-refractivity contribution < 1.29 is 47.8 Å². The Morgan fingerprint density at radius 2 is 0.894 bits per heavy atom. The van der Waals surface area contributed by atoms with Gasteiger partial charge in [0.05, 0.1) is 13.2 Å². The normalized spacial score (nSPS) is 14.5. The van der Waals surface area contributed by atoms with Crippen molar-refractivity contribution in [3.63, 3.8) is 0 Å². The number of carboxylic acid groups (broad SMARTS) is 1. The zero-order chi connectivity index (χ0) is 48.4. The Kier molecular flexibility index (Phi) is 44.8. The molecular weight excluding hydrogens is 854 g/mol. The Bertz CT molecular complexity index is 1530. The van der Waals surface area contributed by atoms with Crippen molar-refractivity contribution in [1.29, 1.82) is 0 Å². The molecule has 0 aliphatic carbocycles. The highest BCUT2D eigenvalue weighted by molar-refractivity contribution is 7.47. The van der Waals surface area contributed by atoms with Crippen LogP contribution in [0.2, 0.25) is 0 Å². The number of hydrogen-bond acceptors (Lipinski definition) is 8. The Labute approximate surface area is 399 Å². The number of ether oxygens (including phenoxy) is 1. The summed E-state index contributed by atoms with van der Waals surface area (Å²) >= 11 is 0. The fourth-order valence-corrected chi connectivity index (χ4v) is 7.00. The van der Waals surface area contributed by atoms with E-state index >= 15 is 0 Å². The molecule has 0 heterocycles. The molecule has 4 N–H and O–H groups in total. The summed E-state index contributed by atoms with van der Waals surface area (Å²) in [5.74, 6) is -2.48. The van der Waals surface area contributed by atoms with Crippen LogP contribution in [0.1, 0.15) is 181 Å². The number of unbranched alkanes of at least 4 members (excludes halogenated alkanes) is 13. The first-order chi connectivity index (χ1) is 32.1. The number of hydrogen-bond donors (Lipinski definition) is 4. The molecule has 11 nitrogen and oxygen atoms in total. The van der Waals surface area contributed by atoms with Crippen molar-refractivity contribution in [2.45, 2.75) is 193 Å². The number of esters is 1. The van der Waals surface area contributed by atoms with Gasteiger partial charge in [0.25, 0.3) is 0 Å². The average Bonchev–Trinajstić information content (AvgIpc) is 3.29. The molecular formula is C54H88NO10P. The number of carbonyl (C=O) groups is 3. The van der Waals surface area contributed by atoms with Crippen LogP contribution in [0, 0.1) is 0 Å². The molecule has 12 heteroatoms. The summed E-state index contributed by atoms with van der Waals surface area (Å²) in [6.45, 7) is 2.37. The lowest BCUT2D eigenvalue weighted by Crippen LogP contribution is -2.43. The first kappa shape index (κ1) is 62.1. The van der Waals surface area contributed by atoms with E-state index in [0.717, 1.165) is 83.5 Å². The average molecular weight is 942 g/mol. The van der Waals surface area contributed by atoms with E-state index in [1.807, 2.05) is 18.2 Å². The summed E-state index contributed by atoms with van der Waals surface area (Å²) < 4.78 is 26.9. The number of phosphoric acid groups is 1. The number of amides is 1. The maximum Gasteiger partial charge on any atom is 0.472 e. The maximum absolute atomic E-state index is 12.4. The first-order valence-corrected chi connectivity index (χ1v) is 26.4. The smallest absolute Gasteiger partial charge is 0.472 e. The van der Waals surface area contributed by atoms with Gasteiger partial charge in [-0.05, 0) is 89.9 Å². The molecule has 0 aromatic carbocycles. The highest BCUT2D eigenvalue weighted by atomic mass is 31.2. The molecule has 66 heavy (non-hydrogen) atoms. The molecule has 0 saturated carbocycles. The van der Waals surface area contributed by atoms with Crippen LogP contribution in [0.5, 0.6) is 0 Å². The molecule has 1 amide bonds. The minimum Gasteiger partial charge on any atom is -0.480 e. The van der Waals surface area contributed by atoms with Gasteiger partial charge in [0.1, 0.15) is 12.7 Å². The third kappa shape index (κ3) is 46.7. The third-order valence-corrected chi connectivity index (χ3v) is 11.0. The zero-order valence-corrected chi connectivity index (χ0v) is 41.6. The van der Waals surface area contributed by atoms with E-state index in [1.54, 1.807) is 0 Å². The molecule has 0 saturated heterocycles. The summed E-state index contributed by atoms with van der Waals surface area (Å²) in [7, 11) is -4.79. The van der Waals surface area contributed by atoms with Gasteiger partial charge in [0, 0.05) is 12.8 Å². The summed E-state index contributed by atoms with van der Waals surface area (Å²) in [6.07, 6.45) is 62.6. The quantitative estimate of drug-likeness (QED) is 0.0200. The number of allylic oxidation sites excluding steroid dienone is 18. The van der Waals surface area contributed by atoms with Crippen LogP contribution < -0.4 is 5.32 Å². The van der Waals surface area contributed by atoms with E-state index < -0.39 is 57.6 Å². The first-order valence-electron chi connectivity index (χ1n) is 24.9. The summed E-state index contributed by atoms with van der Waals surface area (Å²) in [4.78, 5) is 46.1. The molecule has 3 atom stereocenters. The Balaban J connectivity index is 3.95. The standard InChI is InChI=1S/C54H88NO10P/c1-3-5-7-9-11-13-15-17-19-21-23-24-25-26-28-29-31-33-35-37-39-41-43-45-52(57)55-51(54(59)60)49-65-66(61,62)64-48-50(56)47-63-53(58)46-44-42-40-38-36-34-32-30-27-22-20-18-16-14-12-10-8-6-4-2/h6,8,11-14,17-20,23-24,27,30,34,36,40,42,50-51,56H,3-5,7,9-10,15-16,21-22,25-26,28-29,31-33,35,37-39,41,43-49H2,1-2H3,(H,55,57)(H,59,60)(H,61,62)/b8-6-,13-11-,14-12-,19-17-,20-18-,24-23-,30-27-,36-34-,42-40-. The molecule has 0 radical (unpaired) electrons. The molecule has 0 rings (SSSR count). The second kappa shape index (κ2) is 47.6. The van der Waals surface area contributed by atoms with E-state index in [4.69, 9.17) is 13.8 Å². The van der Waals surface area contributed by atoms with Crippen LogP contribution in [0.4, 0.5) is 0 Å². The summed E-state index contributed by atoms with van der Waals surface area (Å²) in [6, 6.07) is -1.57. The van der Waals surface area contributed by atoms with Crippen LogP contribution in [0.3, 0.4) is 0 Å². The topological polar surface area (TPSA) is 169 Å². The van der Waals surface area contributed by atoms with Gasteiger partial charge < -0.3 is 25.2 Å². The lowest BCUT2D eigenvalue weighted by Gasteiger charge is -2.18. The fourth-order valence-electron chi connectivity index (χ4n) is 6.23. The van der Waals surface area contributed by atoms with Gasteiger partial charge in [0.2, 0.25) is 5.91 Å². The van der Waals surface area contributed by atoms with Crippen molar-refractivity contribution in [1.82, 2.24) is 5.32 Å². The molecule has 374 valence electrons. The number of nitrogens with one attached hydrogen (secondary N) is 1. The molecule has 0 aromatic heterocycles. The van der Waals surface area contributed by atoms with Gasteiger partial charge in [0.15, 0.2) is 6.04 Å². The third-order valence-electron chi connectivity index (χ3n) is 10.1. The summed E-state index contributed by atoms with van der Waals surface area (Å²) in [5, 5.41) is 21.9. The van der Waals surface area contributed by atoms with Gasteiger partial charge in [-0.25, -0.2) is 9.36 Å². The molecule has 3 unspecified atom stereocenters. The van der Waals surface area contributed by atoms with Gasteiger partial charge in [-0.1, -0.05) is 187 Å². The number of rotatable bonds is 45. The predicted molar refractivity (Wildman–Crippen MR) is 272 cm³/mol. The molecule has 0 aliphatic heterocycles. The van der Waals surface area contributed by atoms with E-state index in [2.05, 4.69) is 110 Å². The summed E-state index contributed by atoms with van der Waals surface area (Å²) in [5.41, 5.74) is 0.